The molecule has 0 spiro atoms. The highest BCUT2D eigenvalue weighted by Gasteiger charge is 2.45. The molecule has 2 aliphatic heterocycles. The van der Waals surface area contributed by atoms with Crippen molar-refractivity contribution in [3.8, 4) is 0 Å². The van der Waals surface area contributed by atoms with Crippen molar-refractivity contribution in [2.75, 3.05) is 20.3 Å². The molecule has 1 unspecified atom stereocenters. The van der Waals surface area contributed by atoms with E-state index in [0.29, 0.717) is 10.1 Å². The van der Waals surface area contributed by atoms with Gasteiger partial charge in [-0.05, 0) is 12.2 Å². The first-order chi connectivity index (χ1) is 20.3. The number of nitrogens with one attached hydrogen (secondary N) is 3. The number of carbonyl (C=O) groups is 1. The largest absolute Gasteiger partial charge is 0.479 e. The summed E-state index contributed by atoms with van der Waals surface area (Å²) in [6.45, 7) is -0.947. The molecule has 20 nitrogen and oxygen atoms in total. The van der Waals surface area contributed by atoms with Crippen LogP contribution < -0.4 is 22.3 Å². The van der Waals surface area contributed by atoms with Crippen molar-refractivity contribution in [1.29, 1.82) is 0 Å². The number of hydroxylamine groups is 1. The fraction of sp³-hybridized carbons (Fsp3) is 0.591. The summed E-state index contributed by atoms with van der Waals surface area (Å²) in [4.78, 5) is 54.7. The number of aromatic amines is 2. The summed E-state index contributed by atoms with van der Waals surface area (Å²) < 4.78 is 12.5. The average Bonchev–Trinajstić information content (AvgIpc) is 3.42. The van der Waals surface area contributed by atoms with Gasteiger partial charge in [0.05, 0.1) is 32.4 Å². The van der Waals surface area contributed by atoms with Crippen molar-refractivity contribution in [2.45, 2.75) is 61.7 Å². The van der Waals surface area contributed by atoms with Crippen molar-refractivity contribution < 1.29 is 60.0 Å². The van der Waals surface area contributed by atoms with E-state index in [1.807, 2.05) is 0 Å². The topological polar surface area (TPSA) is 311 Å². The maximum absolute atomic E-state index is 11.8. The van der Waals surface area contributed by atoms with Gasteiger partial charge in [-0.3, -0.25) is 28.7 Å². The minimum absolute atomic E-state index is 0.0380. The van der Waals surface area contributed by atoms with Crippen LogP contribution >= 0.6 is 12.2 Å². The molecular formula is C22H31N5O15S. The number of aliphatic hydroxyl groups excluding tert-OH is 7. The van der Waals surface area contributed by atoms with Crippen LogP contribution in [0.2, 0.25) is 0 Å². The third-order valence-corrected chi connectivity index (χ3v) is 6.87. The fourth-order valence-corrected chi connectivity index (χ4v) is 4.48. The van der Waals surface area contributed by atoms with E-state index >= 15 is 0 Å². The Morgan fingerprint density at radius 3 is 1.95 bits per heavy atom. The van der Waals surface area contributed by atoms with Gasteiger partial charge in [0.1, 0.15) is 36.6 Å². The van der Waals surface area contributed by atoms with Crippen molar-refractivity contribution in [2.24, 2.45) is 0 Å². The monoisotopic (exact) mass is 637 g/mol. The third-order valence-electron chi connectivity index (χ3n) is 6.55. The molecule has 21 heteroatoms. The number of hydrogen-bond acceptors (Lipinski definition) is 16. The minimum atomic E-state index is -2.19. The average molecular weight is 638 g/mol. The number of aliphatic hydroxyl groups is 7. The molecule has 0 bridgehead atoms. The van der Waals surface area contributed by atoms with Gasteiger partial charge < -0.3 is 55.2 Å². The number of aliphatic carboxylic acids is 1. The van der Waals surface area contributed by atoms with Crippen LogP contribution in [0.25, 0.3) is 0 Å². The van der Waals surface area contributed by atoms with Crippen molar-refractivity contribution in [3.63, 3.8) is 0 Å². The molecule has 0 radical (unpaired) electrons. The number of aromatic nitrogens is 4. The molecular weight excluding hydrogens is 606 g/mol. The van der Waals surface area contributed by atoms with Gasteiger partial charge in [0.15, 0.2) is 23.3 Å². The Bertz CT molecular complexity index is 1510. The molecule has 2 aromatic rings. The fourth-order valence-electron chi connectivity index (χ4n) is 4.23. The van der Waals surface area contributed by atoms with Crippen LogP contribution in [0.5, 0.6) is 0 Å². The highest BCUT2D eigenvalue weighted by atomic mass is 32.1. The van der Waals surface area contributed by atoms with Crippen LogP contribution in [0, 0.1) is 4.77 Å². The molecule has 9 atom stereocenters. The number of H-pyrrole nitrogens is 2. The van der Waals surface area contributed by atoms with Gasteiger partial charge >= 0.3 is 11.7 Å². The van der Waals surface area contributed by atoms with Gasteiger partial charge in [-0.1, -0.05) is 0 Å². The number of rotatable bonds is 9. The van der Waals surface area contributed by atoms with Crippen LogP contribution in [-0.2, 0) is 25.7 Å². The zero-order valence-electron chi connectivity index (χ0n) is 22.2. The molecule has 2 aliphatic rings. The third kappa shape index (κ3) is 7.31. The van der Waals surface area contributed by atoms with E-state index in [0.717, 1.165) is 6.20 Å². The quantitative estimate of drug-likeness (QED) is 0.0902. The number of nitrogens with zero attached hydrogens (tertiary/aromatic N) is 2. The molecule has 11 N–H and O–H groups in total. The van der Waals surface area contributed by atoms with Gasteiger partial charge in [-0.25, -0.2) is 9.59 Å². The summed E-state index contributed by atoms with van der Waals surface area (Å²) in [6, 6.07) is 0. The second kappa shape index (κ2) is 14.5. The first-order valence-corrected chi connectivity index (χ1v) is 12.8. The van der Waals surface area contributed by atoms with Gasteiger partial charge in [-0.15, -0.1) is 0 Å². The Kier molecular flexibility index (Phi) is 11.6. The summed E-state index contributed by atoms with van der Waals surface area (Å²) in [5, 5.41) is 75.4. The summed E-state index contributed by atoms with van der Waals surface area (Å²) >= 11 is 5.04. The summed E-state index contributed by atoms with van der Waals surface area (Å²) in [6.07, 6.45) is -10.2. The molecule has 0 aromatic carbocycles. The lowest BCUT2D eigenvalue weighted by Crippen LogP contribution is -2.39. The van der Waals surface area contributed by atoms with Crippen LogP contribution in [0.4, 0.5) is 0 Å². The predicted molar refractivity (Wildman–Crippen MR) is 140 cm³/mol. The molecule has 0 saturated carbocycles. The molecule has 2 saturated heterocycles. The van der Waals surface area contributed by atoms with E-state index in [1.165, 1.54) is 17.9 Å². The Labute approximate surface area is 244 Å². The summed E-state index contributed by atoms with van der Waals surface area (Å²) in [7, 11) is 1.41. The van der Waals surface area contributed by atoms with E-state index in [-0.39, 0.29) is 11.3 Å². The standard InChI is InChI=1S/C11H17N3O6S.C11H14N2O9/c1-19-12-2-5-3-14(11(21)13-9(5)18)10-8(17)7(16)6(4-15)20-10;14-2-4-6(16)7(17)9(22-4)13-1-3(5(15)10(19)20)8(18)12-11(13)21/h3,6-8,10,12,15-17H,2,4H2,1H3,(H,13,18,21);1,4-7,9,14-17H,2H2,(H,19,20)(H,12,18,21)/t6-,7-,8-,10-;4-,5?,6-,7-,9-/m11/s1. The normalized spacial score (nSPS) is 29.2. The highest BCUT2D eigenvalue weighted by molar-refractivity contribution is 7.71. The van der Waals surface area contributed by atoms with Gasteiger partial charge in [0, 0.05) is 18.0 Å². The second-order valence-corrected chi connectivity index (χ2v) is 9.68. The molecule has 2 fully saturated rings. The zero-order chi connectivity index (χ0) is 32.2. The Balaban J connectivity index is 0.000000236. The lowest BCUT2D eigenvalue weighted by Gasteiger charge is -2.19. The SMILES string of the molecule is CONCc1cn([C@@H]2O[C@H](CO)[C@@H](O)[C@H]2O)c(=S)[nH]c1=O.O=C(O)C(O)c1cn([C@@H]2O[C@H](CO)[C@@H](O)[C@H]2O)c(=O)[nH]c1=O. The molecule has 0 amide bonds. The second-order valence-electron chi connectivity index (χ2n) is 9.30. The van der Waals surface area contributed by atoms with Gasteiger partial charge in [0.2, 0.25) is 0 Å². The van der Waals surface area contributed by atoms with Gasteiger partial charge in [0.25, 0.3) is 11.1 Å². The number of ether oxygens (including phenoxy) is 2. The molecule has 4 rings (SSSR count). The van der Waals surface area contributed by atoms with Crippen molar-refractivity contribution in [3.05, 3.63) is 59.5 Å². The van der Waals surface area contributed by atoms with Crippen LogP contribution in [-0.4, -0.2) is 123 Å². The first kappa shape index (κ1) is 34.3. The molecule has 2 aromatic heterocycles. The molecule has 0 aliphatic carbocycles. The van der Waals surface area contributed by atoms with E-state index in [1.54, 1.807) is 4.98 Å². The van der Waals surface area contributed by atoms with Crippen LogP contribution in [0.15, 0.2) is 26.8 Å². The Morgan fingerprint density at radius 1 is 0.953 bits per heavy atom. The predicted octanol–water partition coefficient (Wildman–Crippen LogP) is -5.57. The van der Waals surface area contributed by atoms with Crippen LogP contribution in [0.1, 0.15) is 29.7 Å². The van der Waals surface area contributed by atoms with E-state index in [2.05, 4.69) is 15.3 Å². The summed E-state index contributed by atoms with van der Waals surface area (Å²) in [5.41, 5.74) is -0.362. The van der Waals surface area contributed by atoms with Crippen LogP contribution in [0.3, 0.4) is 0 Å². The summed E-state index contributed by atoms with van der Waals surface area (Å²) in [5.74, 6) is -1.71. The number of hydrogen-bond donors (Lipinski definition) is 11. The minimum Gasteiger partial charge on any atom is -0.479 e. The maximum Gasteiger partial charge on any atom is 0.337 e. The van der Waals surface area contributed by atoms with E-state index in [9.17, 15) is 44.7 Å². The zero-order valence-corrected chi connectivity index (χ0v) is 23.0. The number of carboxylic acid groups (broad SMARTS) is 1. The lowest BCUT2D eigenvalue weighted by molar-refractivity contribution is -0.147. The highest BCUT2D eigenvalue weighted by Crippen LogP contribution is 2.30. The van der Waals surface area contributed by atoms with Gasteiger partial charge in [-0.2, -0.15) is 5.48 Å². The van der Waals surface area contributed by atoms with Crippen molar-refractivity contribution >= 4 is 18.2 Å². The Morgan fingerprint density at radius 2 is 1.49 bits per heavy atom. The van der Waals surface area contributed by atoms with Crippen molar-refractivity contribution in [1.82, 2.24) is 24.6 Å². The lowest BCUT2D eigenvalue weighted by atomic mass is 10.1. The molecule has 240 valence electrons. The smallest absolute Gasteiger partial charge is 0.337 e. The maximum atomic E-state index is 11.8. The van der Waals surface area contributed by atoms with E-state index < -0.39 is 96.7 Å². The number of carboxylic acids is 1. The molecule has 43 heavy (non-hydrogen) atoms. The van der Waals surface area contributed by atoms with E-state index in [4.69, 9.17) is 37.0 Å². The first-order valence-electron chi connectivity index (χ1n) is 12.4. The molecule has 4 heterocycles. The Hall–Kier alpha value is -3.19.